The van der Waals surface area contributed by atoms with E-state index in [0.29, 0.717) is 16.7 Å². The minimum atomic E-state index is -5.50. The highest BCUT2D eigenvalue weighted by Gasteiger charge is 2.43. The van der Waals surface area contributed by atoms with E-state index in [0.717, 1.165) is 4.57 Å². The molecule has 0 fully saturated rings. The molecule has 240 valence electrons. The average molecular weight is 642 g/mol. The molecule has 0 bridgehead atoms. The number of nitrogens with zero attached hydrogens (tertiary/aromatic N) is 3. The number of aromatic amines is 1. The molecule has 0 aliphatic rings. The zero-order valence-corrected chi connectivity index (χ0v) is 23.7. The van der Waals surface area contributed by atoms with Gasteiger partial charge in [0.05, 0.1) is 6.54 Å². The zero-order valence-electron chi connectivity index (χ0n) is 23.7. The van der Waals surface area contributed by atoms with Crippen molar-refractivity contribution in [1.29, 1.82) is 0 Å². The lowest BCUT2D eigenvalue weighted by Crippen LogP contribution is -2.48. The predicted molar refractivity (Wildman–Crippen MR) is 155 cm³/mol. The van der Waals surface area contributed by atoms with Gasteiger partial charge in [-0.05, 0) is 11.1 Å². The third-order valence-corrected chi connectivity index (χ3v) is 6.07. The van der Waals surface area contributed by atoms with Crippen LogP contribution in [0.2, 0.25) is 0 Å². The molecule has 46 heavy (non-hydrogen) atoms. The van der Waals surface area contributed by atoms with Gasteiger partial charge in [-0.3, -0.25) is 14.7 Å². The third-order valence-electron chi connectivity index (χ3n) is 6.07. The summed E-state index contributed by atoms with van der Waals surface area (Å²) < 4.78 is 48.3. The fraction of sp³-hybridized carbons (Fsp3) is 0.207. The number of ether oxygens (including phenoxy) is 2. The summed E-state index contributed by atoms with van der Waals surface area (Å²) in [5.41, 5.74) is 0.421. The first-order chi connectivity index (χ1) is 22.0. The molecule has 0 saturated heterocycles. The first-order valence-electron chi connectivity index (χ1n) is 13.5. The molecule has 0 unspecified atom stereocenters. The summed E-state index contributed by atoms with van der Waals surface area (Å²) in [6.07, 6.45) is -2.55. The van der Waals surface area contributed by atoms with Crippen molar-refractivity contribution < 1.29 is 41.8 Å². The van der Waals surface area contributed by atoms with Gasteiger partial charge < -0.3 is 25.1 Å². The molecule has 0 spiro atoms. The number of alkyl carbamates (subject to hydrolysis) is 1. The maximum absolute atomic E-state index is 13.0. The molecule has 4 rings (SSSR count). The number of halogens is 3. The molecule has 2 amide bonds. The fourth-order valence-electron chi connectivity index (χ4n) is 3.91. The molecule has 2 aromatic heterocycles. The van der Waals surface area contributed by atoms with Gasteiger partial charge in [0.1, 0.15) is 18.5 Å². The standard InChI is InChI=1S/C29H26F3N7O7/c30-29(31,32)25(42)46-24(41)21(36-28(44)45-17-18-7-3-1-4-8-18)16-39-15-20(19-9-5-2-6-10-19)23(38-27(39)43)33-12-11-22(40)37-26-34-13-14-35-26/h1-10,13-15,21H,11-12,16-17H2,(H,36,44)(H,33,38,43)(H2,34,35,37,40)/t21-/m0/s1. The Hall–Kier alpha value is -6.00. The highest BCUT2D eigenvalue weighted by atomic mass is 19.4. The predicted octanol–water partition coefficient (Wildman–Crippen LogP) is 3.00. The van der Waals surface area contributed by atoms with E-state index in [1.54, 1.807) is 60.7 Å². The number of imidazole rings is 1. The number of rotatable bonds is 12. The van der Waals surface area contributed by atoms with Crippen LogP contribution in [0.5, 0.6) is 0 Å². The van der Waals surface area contributed by atoms with Crippen LogP contribution in [0.15, 0.2) is 84.0 Å². The number of hydrogen-bond donors (Lipinski definition) is 4. The van der Waals surface area contributed by atoms with Gasteiger partial charge in [0, 0.05) is 37.1 Å². The monoisotopic (exact) mass is 641 g/mol. The highest BCUT2D eigenvalue weighted by Crippen LogP contribution is 2.25. The number of H-pyrrole nitrogens is 1. The Morgan fingerprint density at radius 2 is 1.70 bits per heavy atom. The first-order valence-corrected chi connectivity index (χ1v) is 13.5. The number of benzene rings is 2. The lowest BCUT2D eigenvalue weighted by atomic mass is 10.1. The summed E-state index contributed by atoms with van der Waals surface area (Å²) in [5.74, 6) is -4.69. The lowest BCUT2D eigenvalue weighted by Gasteiger charge is -2.19. The van der Waals surface area contributed by atoms with Gasteiger partial charge in [-0.2, -0.15) is 18.2 Å². The van der Waals surface area contributed by atoms with Gasteiger partial charge >= 0.3 is 29.9 Å². The quantitative estimate of drug-likeness (QED) is 0.132. The summed E-state index contributed by atoms with van der Waals surface area (Å²) in [5, 5.41) is 7.50. The van der Waals surface area contributed by atoms with Crippen LogP contribution in [0, 0.1) is 0 Å². The second-order valence-electron chi connectivity index (χ2n) is 9.43. The van der Waals surface area contributed by atoms with Crippen molar-refractivity contribution in [2.45, 2.75) is 31.8 Å². The van der Waals surface area contributed by atoms with E-state index in [1.165, 1.54) is 18.6 Å². The van der Waals surface area contributed by atoms with Gasteiger partial charge in [0.25, 0.3) is 0 Å². The molecule has 0 radical (unpaired) electrons. The molecule has 2 aromatic carbocycles. The van der Waals surface area contributed by atoms with Crippen LogP contribution in [0.25, 0.3) is 11.1 Å². The molecule has 0 saturated carbocycles. The molecule has 1 atom stereocenters. The number of carbonyl (C=O) groups excluding carboxylic acids is 4. The topological polar surface area (TPSA) is 186 Å². The largest absolute Gasteiger partial charge is 0.491 e. The number of anilines is 2. The SMILES string of the molecule is O=C(CCNc1nc(=O)n(C[C@H](NC(=O)OCc2ccccc2)C(=O)OC(=O)C(F)(F)F)cc1-c1ccccc1)Nc1ncc[nH]1. The second-order valence-corrected chi connectivity index (χ2v) is 9.43. The minimum absolute atomic E-state index is 0.0339. The molecule has 14 nitrogen and oxygen atoms in total. The molecule has 17 heteroatoms. The molecular formula is C29H26F3N7O7. The summed E-state index contributed by atoms with van der Waals surface area (Å²) in [6, 6.07) is 14.8. The smallest absolute Gasteiger partial charge is 0.445 e. The van der Waals surface area contributed by atoms with Crippen molar-refractivity contribution in [1.82, 2.24) is 24.8 Å². The van der Waals surface area contributed by atoms with E-state index >= 15 is 0 Å². The highest BCUT2D eigenvalue weighted by molar-refractivity contribution is 5.92. The van der Waals surface area contributed by atoms with E-state index < -0.39 is 48.4 Å². The number of esters is 2. The Labute approximate surface area is 258 Å². The van der Waals surface area contributed by atoms with Crippen molar-refractivity contribution in [2.75, 3.05) is 17.2 Å². The van der Waals surface area contributed by atoms with Gasteiger partial charge in [-0.25, -0.2) is 24.2 Å². The van der Waals surface area contributed by atoms with E-state index in [4.69, 9.17) is 4.74 Å². The van der Waals surface area contributed by atoms with E-state index in [2.05, 4.69) is 30.3 Å². The van der Waals surface area contributed by atoms with Gasteiger partial charge in [0.15, 0.2) is 0 Å². The van der Waals surface area contributed by atoms with Crippen LogP contribution in [-0.2, 0) is 37.0 Å². The summed E-state index contributed by atoms with van der Waals surface area (Å²) in [6.45, 7) is -1.01. The van der Waals surface area contributed by atoms with Gasteiger partial charge in [0.2, 0.25) is 11.9 Å². The first kappa shape index (κ1) is 32.9. The number of nitrogens with one attached hydrogen (secondary N) is 4. The number of aromatic nitrogens is 4. The Morgan fingerprint density at radius 1 is 1.00 bits per heavy atom. The number of alkyl halides is 3. The molecule has 0 aliphatic heterocycles. The maximum atomic E-state index is 13.0. The van der Waals surface area contributed by atoms with Crippen LogP contribution in [0.1, 0.15) is 12.0 Å². The van der Waals surface area contributed by atoms with Crippen LogP contribution in [0.3, 0.4) is 0 Å². The Morgan fingerprint density at radius 3 is 2.35 bits per heavy atom. The Kier molecular flexibility index (Phi) is 10.8. The van der Waals surface area contributed by atoms with E-state index in [1.807, 2.05) is 5.32 Å². The van der Waals surface area contributed by atoms with Crippen LogP contribution in [-0.4, -0.2) is 62.2 Å². The van der Waals surface area contributed by atoms with Gasteiger partial charge in [-0.1, -0.05) is 60.7 Å². The Balaban J connectivity index is 1.55. The summed E-state index contributed by atoms with van der Waals surface area (Å²) >= 11 is 0. The minimum Gasteiger partial charge on any atom is -0.445 e. The number of amides is 2. The Bertz CT molecular complexity index is 1710. The normalized spacial score (nSPS) is 11.6. The van der Waals surface area contributed by atoms with Crippen molar-refractivity contribution in [3.8, 4) is 11.1 Å². The lowest BCUT2D eigenvalue weighted by molar-refractivity contribution is -0.202. The maximum Gasteiger partial charge on any atom is 0.491 e. The molecular weight excluding hydrogens is 615 g/mol. The third kappa shape index (κ3) is 9.50. The van der Waals surface area contributed by atoms with Crippen molar-refractivity contribution in [3.05, 3.63) is 95.3 Å². The van der Waals surface area contributed by atoms with Crippen molar-refractivity contribution in [2.24, 2.45) is 0 Å². The number of hydrogen-bond acceptors (Lipinski definition) is 10. The summed E-state index contributed by atoms with van der Waals surface area (Å²) in [7, 11) is 0. The van der Waals surface area contributed by atoms with E-state index in [9.17, 15) is 37.1 Å². The molecule has 2 heterocycles. The van der Waals surface area contributed by atoms with Crippen molar-refractivity contribution in [3.63, 3.8) is 0 Å². The average Bonchev–Trinajstić information content (AvgIpc) is 3.54. The molecule has 4 aromatic rings. The molecule has 4 N–H and O–H groups in total. The zero-order chi connectivity index (χ0) is 33.1. The molecule has 0 aliphatic carbocycles. The fourth-order valence-corrected chi connectivity index (χ4v) is 3.91. The van der Waals surface area contributed by atoms with E-state index in [-0.39, 0.29) is 31.3 Å². The van der Waals surface area contributed by atoms with Crippen molar-refractivity contribution >= 4 is 35.7 Å². The van der Waals surface area contributed by atoms with Crippen LogP contribution in [0.4, 0.5) is 29.7 Å². The number of carbonyl (C=O) groups is 4. The van der Waals surface area contributed by atoms with Crippen LogP contribution >= 0.6 is 0 Å². The summed E-state index contributed by atoms with van der Waals surface area (Å²) in [4.78, 5) is 72.4. The van der Waals surface area contributed by atoms with Crippen LogP contribution < -0.4 is 21.6 Å². The second kappa shape index (κ2) is 15.1. The van der Waals surface area contributed by atoms with Gasteiger partial charge in [-0.15, -0.1) is 0 Å².